The summed E-state index contributed by atoms with van der Waals surface area (Å²) in [4.78, 5) is 18.9. The van der Waals surface area contributed by atoms with Crippen molar-refractivity contribution in [3.05, 3.63) is 29.8 Å². The number of amides is 1. The molecular formula is C23H35N3O2. The first kappa shape index (κ1) is 19.7. The monoisotopic (exact) mass is 385 g/mol. The van der Waals surface area contributed by atoms with Crippen molar-refractivity contribution in [1.29, 1.82) is 0 Å². The fraction of sp³-hybridized carbons (Fsp3) is 0.696. The Balaban J connectivity index is 1.54. The number of benzene rings is 1. The number of carbonyl (C=O) groups excluding carboxylic acids is 1. The molecule has 1 aromatic rings. The molecule has 5 heteroatoms. The maximum absolute atomic E-state index is 11.7. The fourth-order valence-corrected chi connectivity index (χ4v) is 5.16. The zero-order valence-corrected chi connectivity index (χ0v) is 17.7. The average Bonchev–Trinajstić information content (AvgIpc) is 2.85. The number of ether oxygens (including phenoxy) is 1. The number of rotatable bonds is 2. The first-order chi connectivity index (χ1) is 13.5. The maximum atomic E-state index is 11.7. The SMILES string of the molecule is CC(=O)N1CCC(N2Cc3ccccc3OC3(CCN(C(C)C)CC3)C2)CC1. The molecule has 4 rings (SSSR count). The van der Waals surface area contributed by atoms with Crippen molar-refractivity contribution in [1.82, 2.24) is 14.7 Å². The van der Waals surface area contributed by atoms with Gasteiger partial charge in [-0.1, -0.05) is 18.2 Å². The Bertz CT molecular complexity index is 689. The standard InChI is InChI=1S/C23H35N3O2/c1-18(2)24-14-10-23(11-15-24)17-26(16-20-6-4-5-7-22(20)28-23)21-8-12-25(13-9-21)19(3)27/h4-7,18,21H,8-17H2,1-3H3. The van der Waals surface area contributed by atoms with Gasteiger partial charge < -0.3 is 14.5 Å². The Morgan fingerprint density at radius 1 is 1.11 bits per heavy atom. The average molecular weight is 386 g/mol. The summed E-state index contributed by atoms with van der Waals surface area (Å²) in [5.74, 6) is 1.28. The topological polar surface area (TPSA) is 36.0 Å². The van der Waals surface area contributed by atoms with Gasteiger partial charge in [-0.15, -0.1) is 0 Å². The third kappa shape index (κ3) is 4.06. The summed E-state index contributed by atoms with van der Waals surface area (Å²) in [6.07, 6.45) is 4.30. The summed E-state index contributed by atoms with van der Waals surface area (Å²) in [6, 6.07) is 9.71. The number of hydrogen-bond acceptors (Lipinski definition) is 4. The van der Waals surface area contributed by atoms with E-state index < -0.39 is 0 Å². The summed E-state index contributed by atoms with van der Waals surface area (Å²) in [6.45, 7) is 12.2. The molecule has 2 saturated heterocycles. The third-order valence-electron chi connectivity index (χ3n) is 7.03. The van der Waals surface area contributed by atoms with Gasteiger partial charge in [0.1, 0.15) is 11.4 Å². The van der Waals surface area contributed by atoms with E-state index >= 15 is 0 Å². The highest BCUT2D eigenvalue weighted by molar-refractivity contribution is 5.73. The van der Waals surface area contributed by atoms with Gasteiger partial charge in [-0.05, 0) is 32.8 Å². The van der Waals surface area contributed by atoms with Gasteiger partial charge in [-0.25, -0.2) is 0 Å². The second-order valence-electron chi connectivity index (χ2n) is 9.16. The molecule has 3 aliphatic heterocycles. The van der Waals surface area contributed by atoms with Crippen LogP contribution in [0.15, 0.2) is 24.3 Å². The number of likely N-dealkylation sites (tertiary alicyclic amines) is 2. The number of hydrogen-bond donors (Lipinski definition) is 0. The molecule has 28 heavy (non-hydrogen) atoms. The van der Waals surface area contributed by atoms with Crippen molar-refractivity contribution in [3.8, 4) is 5.75 Å². The van der Waals surface area contributed by atoms with Crippen molar-refractivity contribution in [3.63, 3.8) is 0 Å². The lowest BCUT2D eigenvalue weighted by Gasteiger charge is -2.46. The Hall–Kier alpha value is -1.59. The van der Waals surface area contributed by atoms with Crippen LogP contribution in [0.3, 0.4) is 0 Å². The number of piperidine rings is 2. The van der Waals surface area contributed by atoms with Crippen LogP contribution in [0.2, 0.25) is 0 Å². The smallest absolute Gasteiger partial charge is 0.219 e. The van der Waals surface area contributed by atoms with Crippen LogP contribution in [0, 0.1) is 0 Å². The minimum Gasteiger partial charge on any atom is -0.486 e. The molecule has 3 aliphatic rings. The number of carbonyl (C=O) groups is 1. The molecule has 154 valence electrons. The number of para-hydroxylation sites is 1. The summed E-state index contributed by atoms with van der Waals surface area (Å²) in [5.41, 5.74) is 1.22. The minimum atomic E-state index is -0.0876. The molecule has 1 spiro atoms. The van der Waals surface area contributed by atoms with Crippen LogP contribution in [0.4, 0.5) is 0 Å². The predicted molar refractivity (Wildman–Crippen MR) is 111 cm³/mol. The predicted octanol–water partition coefficient (Wildman–Crippen LogP) is 3.13. The Kier molecular flexibility index (Phi) is 5.66. The van der Waals surface area contributed by atoms with E-state index in [1.807, 2.05) is 4.90 Å². The normalized spacial score (nSPS) is 24.1. The van der Waals surface area contributed by atoms with E-state index in [1.54, 1.807) is 6.92 Å². The molecule has 0 unspecified atom stereocenters. The molecule has 0 N–H and O–H groups in total. The Labute approximate surface area is 169 Å². The van der Waals surface area contributed by atoms with Crippen molar-refractivity contribution in [2.24, 2.45) is 0 Å². The zero-order valence-electron chi connectivity index (χ0n) is 17.7. The lowest BCUT2D eigenvalue weighted by atomic mass is 9.88. The molecule has 0 saturated carbocycles. The first-order valence-corrected chi connectivity index (χ1v) is 11.0. The second kappa shape index (κ2) is 8.03. The van der Waals surface area contributed by atoms with Gasteiger partial charge in [-0.3, -0.25) is 9.69 Å². The molecule has 1 aromatic carbocycles. The van der Waals surface area contributed by atoms with E-state index in [0.717, 1.165) is 70.7 Å². The van der Waals surface area contributed by atoms with E-state index in [2.05, 4.69) is 47.9 Å². The van der Waals surface area contributed by atoms with Crippen LogP contribution in [0.1, 0.15) is 52.0 Å². The third-order valence-corrected chi connectivity index (χ3v) is 7.03. The zero-order chi connectivity index (χ0) is 19.7. The lowest BCUT2D eigenvalue weighted by molar-refractivity contribution is -0.130. The molecule has 5 nitrogen and oxygen atoms in total. The van der Waals surface area contributed by atoms with Gasteiger partial charge in [0.05, 0.1) is 0 Å². The molecular weight excluding hydrogens is 350 g/mol. The van der Waals surface area contributed by atoms with Crippen LogP contribution in [-0.2, 0) is 11.3 Å². The Morgan fingerprint density at radius 2 is 1.79 bits per heavy atom. The summed E-state index contributed by atoms with van der Waals surface area (Å²) in [5, 5.41) is 0. The van der Waals surface area contributed by atoms with Crippen LogP contribution in [0.5, 0.6) is 5.75 Å². The van der Waals surface area contributed by atoms with Crippen molar-refractivity contribution < 1.29 is 9.53 Å². The van der Waals surface area contributed by atoms with Gasteiger partial charge in [-0.2, -0.15) is 0 Å². The highest BCUT2D eigenvalue weighted by Gasteiger charge is 2.42. The van der Waals surface area contributed by atoms with Gasteiger partial charge >= 0.3 is 0 Å². The van der Waals surface area contributed by atoms with Crippen molar-refractivity contribution in [2.75, 3.05) is 32.7 Å². The number of fused-ring (bicyclic) bond motifs is 1. The molecule has 0 atom stereocenters. The fourth-order valence-electron chi connectivity index (χ4n) is 5.16. The Morgan fingerprint density at radius 3 is 2.43 bits per heavy atom. The van der Waals surface area contributed by atoms with Gasteiger partial charge in [0, 0.05) is 76.7 Å². The molecule has 0 aromatic heterocycles. The molecule has 3 heterocycles. The quantitative estimate of drug-likeness (QED) is 0.784. The molecule has 2 fully saturated rings. The first-order valence-electron chi connectivity index (χ1n) is 11.0. The minimum absolute atomic E-state index is 0.0876. The lowest BCUT2D eigenvalue weighted by Crippen LogP contribution is -2.56. The van der Waals surface area contributed by atoms with Crippen LogP contribution >= 0.6 is 0 Å². The maximum Gasteiger partial charge on any atom is 0.219 e. The molecule has 0 bridgehead atoms. The van der Waals surface area contributed by atoms with E-state index in [9.17, 15) is 4.79 Å². The summed E-state index contributed by atoms with van der Waals surface area (Å²) in [7, 11) is 0. The number of nitrogens with zero attached hydrogens (tertiary/aromatic N) is 3. The highest BCUT2D eigenvalue weighted by Crippen LogP contribution is 2.37. The van der Waals surface area contributed by atoms with E-state index in [1.165, 1.54) is 5.56 Å². The van der Waals surface area contributed by atoms with Crippen molar-refractivity contribution >= 4 is 5.91 Å². The van der Waals surface area contributed by atoms with E-state index in [4.69, 9.17) is 4.74 Å². The van der Waals surface area contributed by atoms with Gasteiger partial charge in [0.25, 0.3) is 0 Å². The van der Waals surface area contributed by atoms with Crippen LogP contribution in [-0.4, -0.2) is 71.0 Å². The van der Waals surface area contributed by atoms with Crippen LogP contribution in [0.25, 0.3) is 0 Å². The highest BCUT2D eigenvalue weighted by atomic mass is 16.5. The second-order valence-corrected chi connectivity index (χ2v) is 9.16. The largest absolute Gasteiger partial charge is 0.486 e. The molecule has 1 amide bonds. The van der Waals surface area contributed by atoms with Gasteiger partial charge in [0.15, 0.2) is 0 Å². The molecule has 0 radical (unpaired) electrons. The van der Waals surface area contributed by atoms with Gasteiger partial charge in [0.2, 0.25) is 5.91 Å². The van der Waals surface area contributed by atoms with Crippen molar-refractivity contribution in [2.45, 2.75) is 70.7 Å². The van der Waals surface area contributed by atoms with E-state index in [0.29, 0.717) is 12.1 Å². The van der Waals surface area contributed by atoms with E-state index in [-0.39, 0.29) is 11.5 Å². The van der Waals surface area contributed by atoms with Crippen LogP contribution < -0.4 is 4.74 Å². The molecule has 0 aliphatic carbocycles. The summed E-state index contributed by atoms with van der Waals surface area (Å²) < 4.78 is 6.76. The summed E-state index contributed by atoms with van der Waals surface area (Å²) >= 11 is 0.